The van der Waals surface area contributed by atoms with Gasteiger partial charge in [-0.15, -0.1) is 0 Å². The maximum absolute atomic E-state index is 5.38. The highest BCUT2D eigenvalue weighted by Gasteiger charge is 2.10. The van der Waals surface area contributed by atoms with E-state index in [-0.39, 0.29) is 0 Å². The Hall–Kier alpha value is -2.07. The molecule has 2 aromatic rings. The van der Waals surface area contributed by atoms with Gasteiger partial charge in [-0.25, -0.2) is 0 Å². The second-order valence-corrected chi connectivity index (χ2v) is 5.31. The van der Waals surface area contributed by atoms with Crippen LogP contribution in [0.3, 0.4) is 0 Å². The summed E-state index contributed by atoms with van der Waals surface area (Å²) in [5.74, 6) is 0. The summed E-state index contributed by atoms with van der Waals surface area (Å²) < 4.78 is 5.38. The number of aromatic nitrogens is 1. The number of nitrogens with zero attached hydrogens (tertiary/aromatic N) is 2. The van der Waals surface area contributed by atoms with Gasteiger partial charge in [-0.1, -0.05) is 12.1 Å². The van der Waals surface area contributed by atoms with Gasteiger partial charge >= 0.3 is 0 Å². The van der Waals surface area contributed by atoms with E-state index in [2.05, 4.69) is 45.5 Å². The van der Waals surface area contributed by atoms with Gasteiger partial charge in [0.05, 0.1) is 25.1 Å². The van der Waals surface area contributed by atoms with Crippen LogP contribution in [0.25, 0.3) is 0 Å². The number of anilines is 2. The maximum Gasteiger partial charge on any atom is 0.0642 e. The van der Waals surface area contributed by atoms with Crippen LogP contribution in [0.15, 0.2) is 42.6 Å². The summed E-state index contributed by atoms with van der Waals surface area (Å²) in [7, 11) is 0. The predicted molar refractivity (Wildman–Crippen MR) is 85.8 cm³/mol. The van der Waals surface area contributed by atoms with Gasteiger partial charge in [0.2, 0.25) is 0 Å². The molecular weight excluding hydrogens is 262 g/mol. The van der Waals surface area contributed by atoms with Crippen molar-refractivity contribution in [2.45, 2.75) is 13.5 Å². The highest BCUT2D eigenvalue weighted by Crippen LogP contribution is 2.17. The van der Waals surface area contributed by atoms with Gasteiger partial charge in [0.1, 0.15) is 0 Å². The largest absolute Gasteiger partial charge is 0.380 e. The fourth-order valence-electron chi connectivity index (χ4n) is 2.42. The number of nitrogens with one attached hydrogen (secondary N) is 1. The molecule has 21 heavy (non-hydrogen) atoms. The molecule has 1 aromatic heterocycles. The summed E-state index contributed by atoms with van der Waals surface area (Å²) in [6.07, 6.45) is 1.87. The molecule has 1 saturated heterocycles. The lowest BCUT2D eigenvalue weighted by Crippen LogP contribution is -2.36. The van der Waals surface area contributed by atoms with Crippen molar-refractivity contribution in [2.24, 2.45) is 0 Å². The zero-order valence-corrected chi connectivity index (χ0v) is 12.4. The average Bonchev–Trinajstić information content (AvgIpc) is 2.56. The number of hydrogen-bond donors (Lipinski definition) is 1. The number of benzene rings is 1. The molecule has 0 amide bonds. The Balaban J connectivity index is 1.57. The smallest absolute Gasteiger partial charge is 0.0642 e. The molecule has 4 nitrogen and oxygen atoms in total. The van der Waals surface area contributed by atoms with Gasteiger partial charge in [0, 0.05) is 31.0 Å². The lowest BCUT2D eigenvalue weighted by Gasteiger charge is -2.28. The van der Waals surface area contributed by atoms with Gasteiger partial charge in [-0.2, -0.15) is 0 Å². The Kier molecular flexibility index (Phi) is 4.36. The molecule has 1 aliphatic rings. The van der Waals surface area contributed by atoms with Gasteiger partial charge in [0.25, 0.3) is 0 Å². The SMILES string of the molecule is Cc1ccc(NCc2ccc(N3CCOCC3)cc2)cn1. The van der Waals surface area contributed by atoms with Crippen LogP contribution in [-0.2, 0) is 11.3 Å². The zero-order valence-electron chi connectivity index (χ0n) is 12.4. The topological polar surface area (TPSA) is 37.4 Å². The van der Waals surface area contributed by atoms with Crippen LogP contribution in [0.2, 0.25) is 0 Å². The molecule has 0 aliphatic carbocycles. The highest BCUT2D eigenvalue weighted by atomic mass is 16.5. The van der Waals surface area contributed by atoms with E-state index in [0.717, 1.165) is 44.2 Å². The van der Waals surface area contributed by atoms with E-state index in [4.69, 9.17) is 4.74 Å². The summed E-state index contributed by atoms with van der Waals surface area (Å²) in [6.45, 7) is 6.41. The minimum Gasteiger partial charge on any atom is -0.380 e. The number of morpholine rings is 1. The standard InChI is InChI=1S/C17H21N3O/c1-14-2-5-16(13-18-14)19-12-15-3-6-17(7-4-15)20-8-10-21-11-9-20/h2-7,13,19H,8-12H2,1H3. The first kappa shape index (κ1) is 13.9. The molecule has 0 saturated carbocycles. The van der Waals surface area contributed by atoms with Gasteiger partial charge in [-0.3, -0.25) is 4.98 Å². The molecular formula is C17H21N3O. The fraction of sp³-hybridized carbons (Fsp3) is 0.353. The molecule has 4 heteroatoms. The quantitative estimate of drug-likeness (QED) is 0.936. The van der Waals surface area contributed by atoms with Crippen LogP contribution in [0.5, 0.6) is 0 Å². The van der Waals surface area contributed by atoms with E-state index in [1.54, 1.807) is 0 Å². The summed E-state index contributed by atoms with van der Waals surface area (Å²) in [6, 6.07) is 12.8. The first-order valence-corrected chi connectivity index (χ1v) is 7.39. The van der Waals surface area contributed by atoms with E-state index in [9.17, 15) is 0 Å². The van der Waals surface area contributed by atoms with Crippen molar-refractivity contribution in [1.82, 2.24) is 4.98 Å². The van der Waals surface area contributed by atoms with Gasteiger partial charge in [0.15, 0.2) is 0 Å². The van der Waals surface area contributed by atoms with E-state index in [1.807, 2.05) is 19.2 Å². The molecule has 0 spiro atoms. The highest BCUT2D eigenvalue weighted by molar-refractivity contribution is 5.49. The van der Waals surface area contributed by atoms with Crippen molar-refractivity contribution >= 4 is 11.4 Å². The number of hydrogen-bond acceptors (Lipinski definition) is 4. The van der Waals surface area contributed by atoms with Gasteiger partial charge in [-0.05, 0) is 36.8 Å². The monoisotopic (exact) mass is 283 g/mol. The van der Waals surface area contributed by atoms with Crippen LogP contribution < -0.4 is 10.2 Å². The molecule has 0 radical (unpaired) electrons. The van der Waals surface area contributed by atoms with Crippen molar-refractivity contribution in [3.63, 3.8) is 0 Å². The van der Waals surface area contributed by atoms with Crippen LogP contribution in [0, 0.1) is 6.92 Å². The van der Waals surface area contributed by atoms with Crippen molar-refractivity contribution in [1.29, 1.82) is 0 Å². The predicted octanol–water partition coefficient (Wildman–Crippen LogP) is 2.84. The molecule has 2 heterocycles. The van der Waals surface area contributed by atoms with E-state index < -0.39 is 0 Å². The molecule has 1 aromatic carbocycles. The lowest BCUT2D eigenvalue weighted by atomic mass is 10.2. The zero-order chi connectivity index (χ0) is 14.5. The minimum absolute atomic E-state index is 0.814. The van der Waals surface area contributed by atoms with Crippen molar-refractivity contribution in [3.05, 3.63) is 53.9 Å². The van der Waals surface area contributed by atoms with Crippen molar-refractivity contribution in [2.75, 3.05) is 36.5 Å². The molecule has 0 unspecified atom stereocenters. The minimum atomic E-state index is 0.814. The summed E-state index contributed by atoms with van der Waals surface area (Å²) >= 11 is 0. The Morgan fingerprint density at radius 2 is 1.86 bits per heavy atom. The molecule has 1 N–H and O–H groups in total. The summed E-state index contributed by atoms with van der Waals surface area (Å²) in [4.78, 5) is 6.65. The number of rotatable bonds is 4. The molecule has 3 rings (SSSR count). The maximum atomic E-state index is 5.38. The van der Waals surface area contributed by atoms with Crippen molar-refractivity contribution < 1.29 is 4.74 Å². The number of ether oxygens (including phenoxy) is 1. The Labute approximate surface area is 125 Å². The van der Waals surface area contributed by atoms with E-state index in [0.29, 0.717) is 0 Å². The second-order valence-electron chi connectivity index (χ2n) is 5.31. The van der Waals surface area contributed by atoms with Crippen LogP contribution in [0.1, 0.15) is 11.3 Å². The van der Waals surface area contributed by atoms with E-state index in [1.165, 1.54) is 11.3 Å². The molecule has 0 bridgehead atoms. The van der Waals surface area contributed by atoms with E-state index >= 15 is 0 Å². The first-order valence-electron chi connectivity index (χ1n) is 7.39. The summed E-state index contributed by atoms with van der Waals surface area (Å²) in [5.41, 5.74) is 4.64. The van der Waals surface area contributed by atoms with Gasteiger partial charge < -0.3 is 15.0 Å². The van der Waals surface area contributed by atoms with Crippen molar-refractivity contribution in [3.8, 4) is 0 Å². The third-order valence-electron chi connectivity index (χ3n) is 3.72. The Morgan fingerprint density at radius 3 is 2.52 bits per heavy atom. The third-order valence-corrected chi connectivity index (χ3v) is 3.72. The number of aryl methyl sites for hydroxylation is 1. The Bertz CT molecular complexity index is 560. The fourth-order valence-corrected chi connectivity index (χ4v) is 2.42. The van der Waals surface area contributed by atoms with Crippen LogP contribution in [0.4, 0.5) is 11.4 Å². The molecule has 1 aliphatic heterocycles. The van der Waals surface area contributed by atoms with Crippen LogP contribution in [-0.4, -0.2) is 31.3 Å². The average molecular weight is 283 g/mol. The lowest BCUT2D eigenvalue weighted by molar-refractivity contribution is 0.122. The second kappa shape index (κ2) is 6.59. The molecule has 1 fully saturated rings. The first-order chi connectivity index (χ1) is 10.3. The number of pyridine rings is 1. The third kappa shape index (κ3) is 3.73. The molecule has 110 valence electrons. The normalized spacial score (nSPS) is 15.0. The Morgan fingerprint density at radius 1 is 1.10 bits per heavy atom. The van der Waals surface area contributed by atoms with Crippen LogP contribution >= 0.6 is 0 Å². The summed E-state index contributed by atoms with van der Waals surface area (Å²) in [5, 5.41) is 3.39. The molecule has 0 atom stereocenters.